The van der Waals surface area contributed by atoms with Crippen molar-refractivity contribution in [1.82, 2.24) is 0 Å². The Morgan fingerprint density at radius 2 is 1.79 bits per heavy atom. The Morgan fingerprint density at radius 3 is 2.33 bits per heavy atom. The van der Waals surface area contributed by atoms with Gasteiger partial charge in [-0.25, -0.2) is 0 Å². The lowest BCUT2D eigenvalue weighted by atomic mass is 10.2. The van der Waals surface area contributed by atoms with Crippen LogP contribution in [0.1, 0.15) is 10.4 Å². The number of amides is 1. The van der Waals surface area contributed by atoms with E-state index in [1.54, 1.807) is 12.1 Å². The van der Waals surface area contributed by atoms with E-state index in [-0.39, 0.29) is 32.9 Å². The zero-order valence-corrected chi connectivity index (χ0v) is 14.4. The molecule has 0 saturated heterocycles. The van der Waals surface area contributed by atoms with E-state index in [9.17, 15) is 13.6 Å². The number of rotatable bonds is 6. The fourth-order valence-electron chi connectivity index (χ4n) is 1.95. The van der Waals surface area contributed by atoms with Gasteiger partial charge in [-0.2, -0.15) is 8.78 Å². The molecule has 0 aliphatic rings. The zero-order chi connectivity index (χ0) is 17.7. The van der Waals surface area contributed by atoms with Crippen LogP contribution in [0.3, 0.4) is 0 Å². The molecule has 0 atom stereocenters. The second-order valence-corrected chi connectivity index (χ2v) is 5.96. The molecule has 1 N–H and O–H groups in total. The molecular formula is C16H14ClF2NO3S. The number of anilines is 1. The first kappa shape index (κ1) is 18.4. The average molecular weight is 374 g/mol. The van der Waals surface area contributed by atoms with Gasteiger partial charge in [-0.05, 0) is 24.3 Å². The Morgan fingerprint density at radius 1 is 1.17 bits per heavy atom. The molecule has 0 radical (unpaired) electrons. The highest BCUT2D eigenvalue weighted by molar-refractivity contribution is 7.99. The van der Waals surface area contributed by atoms with Crippen molar-refractivity contribution < 1.29 is 23.0 Å². The lowest BCUT2D eigenvalue weighted by Crippen LogP contribution is -2.13. The van der Waals surface area contributed by atoms with Crippen molar-refractivity contribution in [1.29, 1.82) is 0 Å². The summed E-state index contributed by atoms with van der Waals surface area (Å²) in [6.07, 6.45) is 0. The van der Waals surface area contributed by atoms with Gasteiger partial charge >= 0.3 is 0 Å². The van der Waals surface area contributed by atoms with E-state index in [1.165, 1.54) is 38.5 Å². The van der Waals surface area contributed by atoms with Crippen molar-refractivity contribution in [2.45, 2.75) is 10.7 Å². The van der Waals surface area contributed by atoms with Gasteiger partial charge in [0.05, 0.1) is 29.8 Å². The highest BCUT2D eigenvalue weighted by Gasteiger charge is 2.17. The fourth-order valence-corrected chi connectivity index (χ4v) is 2.86. The average Bonchev–Trinajstić information content (AvgIpc) is 2.57. The van der Waals surface area contributed by atoms with E-state index < -0.39 is 11.7 Å². The summed E-state index contributed by atoms with van der Waals surface area (Å²) < 4.78 is 35.6. The normalized spacial score (nSPS) is 10.6. The molecule has 4 nitrogen and oxygen atoms in total. The van der Waals surface area contributed by atoms with Crippen LogP contribution >= 0.6 is 23.4 Å². The molecule has 2 aromatic rings. The molecule has 2 rings (SSSR count). The van der Waals surface area contributed by atoms with Gasteiger partial charge in [0, 0.05) is 11.6 Å². The molecule has 24 heavy (non-hydrogen) atoms. The number of alkyl halides is 2. The minimum Gasteiger partial charge on any atom is -0.497 e. The summed E-state index contributed by atoms with van der Waals surface area (Å²) in [5.74, 6) is -2.27. The number of carbonyl (C=O) groups excluding carboxylic acids is 1. The van der Waals surface area contributed by atoms with Crippen molar-refractivity contribution >= 4 is 35.0 Å². The van der Waals surface area contributed by atoms with Gasteiger partial charge < -0.3 is 14.8 Å². The first-order chi connectivity index (χ1) is 11.4. The number of ether oxygens (including phenoxy) is 2. The number of hydrogen-bond donors (Lipinski definition) is 1. The van der Waals surface area contributed by atoms with Crippen LogP contribution in [0.5, 0.6) is 11.5 Å². The van der Waals surface area contributed by atoms with Gasteiger partial charge in [-0.1, -0.05) is 29.4 Å². The molecule has 0 unspecified atom stereocenters. The molecule has 0 heterocycles. The molecule has 0 aromatic heterocycles. The molecule has 0 aliphatic heterocycles. The van der Waals surface area contributed by atoms with Gasteiger partial charge in [-0.3, -0.25) is 4.79 Å². The molecule has 128 valence electrons. The second kappa shape index (κ2) is 8.21. The number of methoxy groups -OCH3 is 2. The first-order valence-corrected chi connectivity index (χ1v) is 7.98. The molecule has 0 aliphatic carbocycles. The molecule has 8 heteroatoms. The third kappa shape index (κ3) is 4.52. The SMILES string of the molecule is COc1cc(OC)cc(C(=O)Nc2cccc(Cl)c2SC(F)F)c1. The molecule has 0 bridgehead atoms. The van der Waals surface area contributed by atoms with E-state index in [2.05, 4.69) is 5.32 Å². The quantitative estimate of drug-likeness (QED) is 0.730. The summed E-state index contributed by atoms with van der Waals surface area (Å²) in [6.45, 7) is 0. The molecule has 0 spiro atoms. The summed E-state index contributed by atoms with van der Waals surface area (Å²) >= 11 is 6.23. The topological polar surface area (TPSA) is 47.6 Å². The maximum atomic E-state index is 12.7. The molecule has 0 fully saturated rings. The lowest BCUT2D eigenvalue weighted by molar-refractivity contribution is 0.102. The van der Waals surface area contributed by atoms with E-state index in [0.29, 0.717) is 11.5 Å². The van der Waals surface area contributed by atoms with E-state index in [4.69, 9.17) is 21.1 Å². The van der Waals surface area contributed by atoms with Gasteiger partial charge in [0.15, 0.2) is 0 Å². The minimum absolute atomic E-state index is 0.109. The predicted octanol–water partition coefficient (Wildman–Crippen LogP) is 4.92. The standard InChI is InChI=1S/C16H14ClF2NO3S/c1-22-10-6-9(7-11(8-10)23-2)15(21)20-13-5-3-4-12(17)14(13)24-16(18)19/h3-8,16H,1-2H3,(H,20,21). The van der Waals surface area contributed by atoms with Crippen LogP contribution < -0.4 is 14.8 Å². The van der Waals surface area contributed by atoms with Crippen molar-refractivity contribution in [3.05, 3.63) is 47.0 Å². The second-order valence-electron chi connectivity index (χ2n) is 4.55. The van der Waals surface area contributed by atoms with Crippen molar-refractivity contribution in [3.63, 3.8) is 0 Å². The number of hydrogen-bond acceptors (Lipinski definition) is 4. The number of halogens is 3. The number of benzene rings is 2. The Bertz CT molecular complexity index is 721. The maximum absolute atomic E-state index is 12.7. The Labute approximate surface area is 147 Å². The number of nitrogens with one attached hydrogen (secondary N) is 1. The van der Waals surface area contributed by atoms with Gasteiger partial charge in [0.1, 0.15) is 11.5 Å². The summed E-state index contributed by atoms with van der Waals surface area (Å²) in [5.41, 5.74) is 0.471. The Kier molecular flexibility index (Phi) is 6.28. The highest BCUT2D eigenvalue weighted by Crippen LogP contribution is 2.38. The van der Waals surface area contributed by atoms with E-state index in [1.807, 2.05) is 0 Å². The molecule has 2 aromatic carbocycles. The summed E-state index contributed by atoms with van der Waals surface area (Å²) in [6, 6.07) is 9.21. The van der Waals surface area contributed by atoms with Crippen LogP contribution in [0.4, 0.5) is 14.5 Å². The van der Waals surface area contributed by atoms with Crippen molar-refractivity contribution in [2.24, 2.45) is 0 Å². The third-order valence-corrected chi connectivity index (χ3v) is 4.32. The first-order valence-electron chi connectivity index (χ1n) is 6.72. The molecule has 1 amide bonds. The van der Waals surface area contributed by atoms with E-state index in [0.717, 1.165) is 0 Å². The van der Waals surface area contributed by atoms with Crippen LogP contribution in [0.15, 0.2) is 41.3 Å². The van der Waals surface area contributed by atoms with E-state index >= 15 is 0 Å². The highest BCUT2D eigenvalue weighted by atomic mass is 35.5. The molecular weight excluding hydrogens is 360 g/mol. The van der Waals surface area contributed by atoms with Crippen LogP contribution in [0, 0.1) is 0 Å². The fraction of sp³-hybridized carbons (Fsp3) is 0.188. The van der Waals surface area contributed by atoms with Gasteiger partial charge in [0.2, 0.25) is 0 Å². The van der Waals surface area contributed by atoms with Gasteiger partial charge in [0.25, 0.3) is 11.7 Å². The van der Waals surface area contributed by atoms with Crippen LogP contribution in [-0.4, -0.2) is 25.9 Å². The summed E-state index contributed by atoms with van der Waals surface area (Å²) in [4.78, 5) is 12.5. The van der Waals surface area contributed by atoms with Crippen LogP contribution in [0.2, 0.25) is 5.02 Å². The van der Waals surface area contributed by atoms with Crippen LogP contribution in [-0.2, 0) is 0 Å². The Hall–Kier alpha value is -1.99. The van der Waals surface area contributed by atoms with Crippen molar-refractivity contribution in [3.8, 4) is 11.5 Å². The number of thioether (sulfide) groups is 1. The smallest absolute Gasteiger partial charge is 0.289 e. The predicted molar refractivity (Wildman–Crippen MR) is 90.8 cm³/mol. The largest absolute Gasteiger partial charge is 0.497 e. The summed E-state index contributed by atoms with van der Waals surface area (Å²) in [7, 11) is 2.93. The zero-order valence-electron chi connectivity index (χ0n) is 12.8. The van der Waals surface area contributed by atoms with Crippen LogP contribution in [0.25, 0.3) is 0 Å². The monoisotopic (exact) mass is 373 g/mol. The minimum atomic E-state index is -2.66. The number of carbonyl (C=O) groups is 1. The molecule has 0 saturated carbocycles. The van der Waals surface area contributed by atoms with Gasteiger partial charge in [-0.15, -0.1) is 0 Å². The third-order valence-electron chi connectivity index (χ3n) is 3.04. The maximum Gasteiger partial charge on any atom is 0.289 e. The summed E-state index contributed by atoms with van der Waals surface area (Å²) in [5, 5.41) is 2.73. The van der Waals surface area contributed by atoms with Crippen molar-refractivity contribution in [2.75, 3.05) is 19.5 Å². The Balaban J connectivity index is 2.32. The lowest BCUT2D eigenvalue weighted by Gasteiger charge is -2.13.